The summed E-state index contributed by atoms with van der Waals surface area (Å²) in [5.74, 6) is 0. The first-order valence-corrected chi connectivity index (χ1v) is 7.70. The van der Waals surface area contributed by atoms with Gasteiger partial charge in [-0.15, -0.1) is 11.3 Å². The summed E-state index contributed by atoms with van der Waals surface area (Å²) in [4.78, 5) is 4.65. The molecule has 0 atom stereocenters. The van der Waals surface area contributed by atoms with Gasteiger partial charge in [-0.25, -0.2) is 4.98 Å². The summed E-state index contributed by atoms with van der Waals surface area (Å²) in [5, 5.41) is 4.81. The lowest BCUT2D eigenvalue weighted by Crippen LogP contribution is -2.25. The van der Waals surface area contributed by atoms with E-state index in [1.165, 1.54) is 35.4 Å². The van der Waals surface area contributed by atoms with Crippen LogP contribution in [0.25, 0.3) is 10.2 Å². The number of hydrogen-bond donors (Lipinski definition) is 1. The number of thiazole rings is 1. The second kappa shape index (κ2) is 5.04. The largest absolute Gasteiger partial charge is 0.308 e. The number of hydrogen-bond acceptors (Lipinski definition) is 3. The van der Waals surface area contributed by atoms with E-state index in [2.05, 4.69) is 44.4 Å². The SMILES string of the molecule is Brc1ccc2nc(CNC3CCCC3)sc2c1. The molecule has 0 saturated heterocycles. The topological polar surface area (TPSA) is 24.9 Å². The summed E-state index contributed by atoms with van der Waals surface area (Å²) in [6.07, 6.45) is 5.42. The van der Waals surface area contributed by atoms with Crippen LogP contribution < -0.4 is 5.32 Å². The normalized spacial score (nSPS) is 17.0. The van der Waals surface area contributed by atoms with E-state index >= 15 is 0 Å². The molecule has 1 aliphatic carbocycles. The quantitative estimate of drug-likeness (QED) is 0.923. The molecule has 1 fully saturated rings. The van der Waals surface area contributed by atoms with Gasteiger partial charge >= 0.3 is 0 Å². The lowest BCUT2D eigenvalue weighted by atomic mass is 10.2. The van der Waals surface area contributed by atoms with Gasteiger partial charge < -0.3 is 5.32 Å². The predicted octanol–water partition coefficient (Wildman–Crippen LogP) is 4.09. The summed E-state index contributed by atoms with van der Waals surface area (Å²) in [5.41, 5.74) is 1.11. The van der Waals surface area contributed by atoms with Crippen molar-refractivity contribution in [3.63, 3.8) is 0 Å². The fourth-order valence-corrected chi connectivity index (χ4v) is 3.85. The molecule has 1 aromatic heterocycles. The highest BCUT2D eigenvalue weighted by Gasteiger charge is 2.14. The molecular weight excluding hydrogens is 296 g/mol. The number of benzene rings is 1. The Morgan fingerprint density at radius 3 is 3.00 bits per heavy atom. The average Bonchev–Trinajstić information content (AvgIpc) is 2.94. The molecule has 90 valence electrons. The van der Waals surface area contributed by atoms with Crippen molar-refractivity contribution >= 4 is 37.5 Å². The monoisotopic (exact) mass is 310 g/mol. The molecule has 1 heterocycles. The summed E-state index contributed by atoms with van der Waals surface area (Å²) in [6.45, 7) is 0.918. The van der Waals surface area contributed by atoms with Gasteiger partial charge in [-0.05, 0) is 31.0 Å². The average molecular weight is 311 g/mol. The summed E-state index contributed by atoms with van der Waals surface area (Å²) >= 11 is 5.29. The molecule has 0 unspecified atom stereocenters. The highest BCUT2D eigenvalue weighted by molar-refractivity contribution is 9.10. The molecule has 1 saturated carbocycles. The van der Waals surface area contributed by atoms with E-state index in [1.807, 2.05) is 0 Å². The molecule has 0 spiro atoms. The number of nitrogens with one attached hydrogen (secondary N) is 1. The Hall–Kier alpha value is -0.450. The Morgan fingerprint density at radius 2 is 2.18 bits per heavy atom. The second-order valence-electron chi connectivity index (χ2n) is 4.58. The summed E-state index contributed by atoms with van der Waals surface area (Å²) < 4.78 is 2.39. The van der Waals surface area contributed by atoms with E-state index in [1.54, 1.807) is 11.3 Å². The van der Waals surface area contributed by atoms with Crippen LogP contribution in [0.15, 0.2) is 22.7 Å². The first-order valence-electron chi connectivity index (χ1n) is 6.09. The minimum atomic E-state index is 0.716. The molecule has 1 N–H and O–H groups in total. The van der Waals surface area contributed by atoms with Gasteiger partial charge in [0.1, 0.15) is 5.01 Å². The zero-order valence-corrected chi connectivity index (χ0v) is 12.0. The van der Waals surface area contributed by atoms with Crippen LogP contribution in [0.5, 0.6) is 0 Å². The highest BCUT2D eigenvalue weighted by atomic mass is 79.9. The molecule has 2 aromatic rings. The van der Waals surface area contributed by atoms with Gasteiger partial charge in [0.2, 0.25) is 0 Å². The van der Waals surface area contributed by atoms with Gasteiger partial charge in [0.05, 0.1) is 10.2 Å². The van der Waals surface area contributed by atoms with Gasteiger partial charge in [0.25, 0.3) is 0 Å². The maximum atomic E-state index is 4.65. The van der Waals surface area contributed by atoms with Crippen LogP contribution in [0, 0.1) is 0 Å². The third-order valence-electron chi connectivity index (χ3n) is 3.29. The number of nitrogens with zero attached hydrogens (tertiary/aromatic N) is 1. The Labute approximate surface area is 114 Å². The Kier molecular flexibility index (Phi) is 3.45. The molecule has 1 aliphatic rings. The zero-order chi connectivity index (χ0) is 11.7. The van der Waals surface area contributed by atoms with Crippen molar-refractivity contribution in [2.45, 2.75) is 38.3 Å². The van der Waals surface area contributed by atoms with Crippen molar-refractivity contribution < 1.29 is 0 Å². The van der Waals surface area contributed by atoms with Crippen molar-refractivity contribution in [3.8, 4) is 0 Å². The van der Waals surface area contributed by atoms with E-state index in [0.29, 0.717) is 6.04 Å². The molecule has 3 rings (SSSR count). The molecule has 17 heavy (non-hydrogen) atoms. The first kappa shape index (κ1) is 11.6. The van der Waals surface area contributed by atoms with Crippen molar-refractivity contribution in [2.75, 3.05) is 0 Å². The van der Waals surface area contributed by atoms with E-state index in [-0.39, 0.29) is 0 Å². The molecular formula is C13H15BrN2S. The van der Waals surface area contributed by atoms with Crippen molar-refractivity contribution in [1.82, 2.24) is 10.3 Å². The van der Waals surface area contributed by atoms with Gasteiger partial charge in [0.15, 0.2) is 0 Å². The van der Waals surface area contributed by atoms with E-state index in [4.69, 9.17) is 0 Å². The molecule has 2 nitrogen and oxygen atoms in total. The highest BCUT2D eigenvalue weighted by Crippen LogP contribution is 2.26. The van der Waals surface area contributed by atoms with Crippen LogP contribution in [0.2, 0.25) is 0 Å². The maximum absolute atomic E-state index is 4.65. The molecule has 0 bridgehead atoms. The third-order valence-corrected chi connectivity index (χ3v) is 4.80. The van der Waals surface area contributed by atoms with Crippen LogP contribution in [0.3, 0.4) is 0 Å². The smallest absolute Gasteiger partial charge is 0.108 e. The van der Waals surface area contributed by atoms with Crippen LogP contribution in [-0.2, 0) is 6.54 Å². The standard InChI is InChI=1S/C13H15BrN2S/c14-9-5-6-11-12(7-9)17-13(16-11)8-15-10-3-1-2-4-10/h5-7,10,15H,1-4,8H2. The summed E-state index contributed by atoms with van der Waals surface area (Å²) in [6, 6.07) is 6.99. The molecule has 4 heteroatoms. The fraction of sp³-hybridized carbons (Fsp3) is 0.462. The van der Waals surface area contributed by atoms with E-state index in [0.717, 1.165) is 16.5 Å². The van der Waals surface area contributed by atoms with Crippen LogP contribution in [0.1, 0.15) is 30.7 Å². The second-order valence-corrected chi connectivity index (χ2v) is 6.61. The molecule has 1 aromatic carbocycles. The zero-order valence-electron chi connectivity index (χ0n) is 9.58. The minimum Gasteiger partial charge on any atom is -0.308 e. The van der Waals surface area contributed by atoms with Crippen molar-refractivity contribution in [2.24, 2.45) is 0 Å². The van der Waals surface area contributed by atoms with Crippen LogP contribution >= 0.6 is 27.3 Å². The number of aromatic nitrogens is 1. The lowest BCUT2D eigenvalue weighted by molar-refractivity contribution is 0.523. The number of fused-ring (bicyclic) bond motifs is 1. The minimum absolute atomic E-state index is 0.716. The van der Waals surface area contributed by atoms with E-state index < -0.39 is 0 Å². The van der Waals surface area contributed by atoms with Crippen molar-refractivity contribution in [3.05, 3.63) is 27.7 Å². The fourth-order valence-electron chi connectivity index (χ4n) is 2.38. The Balaban J connectivity index is 1.72. The van der Waals surface area contributed by atoms with Gasteiger partial charge in [0, 0.05) is 17.1 Å². The van der Waals surface area contributed by atoms with E-state index in [9.17, 15) is 0 Å². The molecule has 0 amide bonds. The molecule has 0 aliphatic heterocycles. The maximum Gasteiger partial charge on any atom is 0.108 e. The van der Waals surface area contributed by atoms with Crippen LogP contribution in [0.4, 0.5) is 0 Å². The van der Waals surface area contributed by atoms with Gasteiger partial charge in [-0.2, -0.15) is 0 Å². The Bertz CT molecular complexity index is 517. The summed E-state index contributed by atoms with van der Waals surface area (Å²) in [7, 11) is 0. The molecule has 0 radical (unpaired) electrons. The van der Waals surface area contributed by atoms with Crippen LogP contribution in [-0.4, -0.2) is 11.0 Å². The predicted molar refractivity (Wildman–Crippen MR) is 76.4 cm³/mol. The van der Waals surface area contributed by atoms with Crippen molar-refractivity contribution in [1.29, 1.82) is 0 Å². The van der Waals surface area contributed by atoms with Gasteiger partial charge in [-0.1, -0.05) is 28.8 Å². The third kappa shape index (κ3) is 2.69. The number of halogens is 1. The first-order chi connectivity index (χ1) is 8.31. The number of rotatable bonds is 3. The van der Waals surface area contributed by atoms with Gasteiger partial charge in [-0.3, -0.25) is 0 Å². The Morgan fingerprint density at radius 1 is 1.35 bits per heavy atom. The lowest BCUT2D eigenvalue weighted by Gasteiger charge is -2.09.